The van der Waals surface area contributed by atoms with Crippen molar-refractivity contribution in [3.8, 4) is 0 Å². The number of rotatable bonds is 7. The number of ketones is 1. The van der Waals surface area contributed by atoms with Crippen LogP contribution in [0.5, 0.6) is 0 Å². The van der Waals surface area contributed by atoms with E-state index < -0.39 is 0 Å². The molecule has 2 fully saturated rings. The van der Waals surface area contributed by atoms with E-state index in [0.29, 0.717) is 17.8 Å². The van der Waals surface area contributed by atoms with E-state index in [2.05, 4.69) is 22.8 Å². The predicted octanol–water partition coefficient (Wildman–Crippen LogP) is 4.24. The van der Waals surface area contributed by atoms with E-state index in [1.54, 1.807) is 11.8 Å². The molecule has 1 aromatic carbocycles. The van der Waals surface area contributed by atoms with E-state index in [-0.39, 0.29) is 34.9 Å². The van der Waals surface area contributed by atoms with Gasteiger partial charge in [-0.1, -0.05) is 18.6 Å². The third kappa shape index (κ3) is 4.60. The Morgan fingerprint density at radius 3 is 2.75 bits per heavy atom. The van der Waals surface area contributed by atoms with Crippen LogP contribution in [0.4, 0.5) is 5.69 Å². The molecule has 8 heteroatoms. The molecule has 2 aliphatic heterocycles. The standard InChI is InChI=1S/C24H31N5O2S/c1-15-10-11-18(23-27-21(16(2)32-23)22(30)17-6-5-7-17)14-29(15)24(31)19-8-3-4-9-20(19)28-26-13-12-25/h3-4,8-9,12-13,15,17-18,23,25,27-28H,5-7,10-11,14H2,1-2H3/b25-12?,26-13-/t15-,18?,23?/m1/s1. The maximum atomic E-state index is 13.5. The highest BCUT2D eigenvalue weighted by Crippen LogP contribution is 2.41. The number of carbonyl (C=O) groups excluding carboxylic acids is 2. The monoisotopic (exact) mass is 453 g/mol. The molecule has 2 unspecified atom stereocenters. The van der Waals surface area contributed by atoms with Gasteiger partial charge in [0.25, 0.3) is 5.91 Å². The second kappa shape index (κ2) is 9.90. The van der Waals surface area contributed by atoms with E-state index in [1.165, 1.54) is 6.21 Å². The van der Waals surface area contributed by atoms with E-state index in [4.69, 9.17) is 5.41 Å². The summed E-state index contributed by atoms with van der Waals surface area (Å²) in [6.45, 7) is 4.79. The molecular weight excluding hydrogens is 422 g/mol. The summed E-state index contributed by atoms with van der Waals surface area (Å²) in [6.07, 6.45) is 7.54. The second-order valence-corrected chi connectivity index (χ2v) is 10.2. The fourth-order valence-corrected chi connectivity index (χ4v) is 5.84. The Hall–Kier alpha value is -2.61. The van der Waals surface area contributed by atoms with E-state index >= 15 is 0 Å². The van der Waals surface area contributed by atoms with Crippen LogP contribution < -0.4 is 10.7 Å². The fraction of sp³-hybridized carbons (Fsp3) is 0.500. The van der Waals surface area contributed by atoms with Crippen LogP contribution in [0.1, 0.15) is 56.3 Å². The summed E-state index contributed by atoms with van der Waals surface area (Å²) in [5.74, 6) is 0.716. The number of nitrogens with zero attached hydrogens (tertiary/aromatic N) is 2. The molecule has 1 saturated carbocycles. The molecule has 1 aromatic rings. The van der Waals surface area contributed by atoms with Gasteiger partial charge in [0.05, 0.1) is 28.5 Å². The van der Waals surface area contributed by atoms with Gasteiger partial charge in [0.15, 0.2) is 5.78 Å². The van der Waals surface area contributed by atoms with E-state index in [9.17, 15) is 9.59 Å². The number of para-hydroxylation sites is 1. The molecule has 1 aliphatic carbocycles. The first kappa shape index (κ1) is 22.6. The van der Waals surface area contributed by atoms with Gasteiger partial charge in [-0.3, -0.25) is 15.0 Å². The third-order valence-corrected chi connectivity index (χ3v) is 8.08. The summed E-state index contributed by atoms with van der Waals surface area (Å²) in [5.41, 5.74) is 4.88. The number of nitrogens with one attached hydrogen (secondary N) is 3. The largest absolute Gasteiger partial charge is 0.369 e. The lowest BCUT2D eigenvalue weighted by molar-refractivity contribution is -0.121. The zero-order valence-electron chi connectivity index (χ0n) is 18.6. The van der Waals surface area contributed by atoms with Gasteiger partial charge in [-0.15, -0.1) is 11.8 Å². The van der Waals surface area contributed by atoms with Gasteiger partial charge < -0.3 is 15.6 Å². The van der Waals surface area contributed by atoms with Crippen molar-refractivity contribution < 1.29 is 9.59 Å². The van der Waals surface area contributed by atoms with Gasteiger partial charge >= 0.3 is 0 Å². The number of hydrogen-bond acceptors (Lipinski definition) is 7. The number of likely N-dealkylation sites (tertiary alicyclic amines) is 1. The fourth-order valence-electron chi connectivity index (χ4n) is 4.59. The lowest BCUT2D eigenvalue weighted by atomic mass is 9.81. The van der Waals surface area contributed by atoms with Gasteiger partial charge in [-0.05, 0) is 51.7 Å². The number of carbonyl (C=O) groups is 2. The summed E-state index contributed by atoms with van der Waals surface area (Å²) >= 11 is 1.75. The number of allylic oxidation sites excluding steroid dienone is 2. The Labute approximate surface area is 193 Å². The van der Waals surface area contributed by atoms with Gasteiger partial charge in [0, 0.05) is 35.5 Å². The van der Waals surface area contributed by atoms with E-state index in [0.717, 1.165) is 48.9 Å². The Morgan fingerprint density at radius 1 is 1.25 bits per heavy atom. The first-order valence-electron chi connectivity index (χ1n) is 11.4. The number of amides is 1. The first-order valence-corrected chi connectivity index (χ1v) is 12.2. The quantitative estimate of drug-likeness (QED) is 0.424. The van der Waals surface area contributed by atoms with Crippen molar-refractivity contribution in [2.24, 2.45) is 16.9 Å². The van der Waals surface area contributed by atoms with Crippen molar-refractivity contribution in [1.29, 1.82) is 5.41 Å². The Bertz CT molecular complexity index is 955. The van der Waals surface area contributed by atoms with Crippen molar-refractivity contribution in [3.63, 3.8) is 0 Å². The average molecular weight is 454 g/mol. The molecule has 0 aromatic heterocycles. The maximum Gasteiger partial charge on any atom is 0.256 e. The maximum absolute atomic E-state index is 13.5. The molecule has 1 saturated heterocycles. The van der Waals surface area contributed by atoms with Crippen LogP contribution in [0.2, 0.25) is 0 Å². The van der Waals surface area contributed by atoms with Gasteiger partial charge in [0.2, 0.25) is 0 Å². The zero-order valence-corrected chi connectivity index (χ0v) is 19.5. The van der Waals surface area contributed by atoms with Gasteiger partial charge in [-0.2, -0.15) is 5.10 Å². The van der Waals surface area contributed by atoms with Crippen molar-refractivity contribution in [1.82, 2.24) is 10.2 Å². The molecule has 0 spiro atoms. The van der Waals surface area contributed by atoms with Gasteiger partial charge in [-0.25, -0.2) is 0 Å². The Balaban J connectivity index is 1.45. The number of benzene rings is 1. The SMILES string of the molecule is CC1=C(C(=O)C2CCC2)NC(C2CC[C@@H](C)N(C(=O)c3ccccc3N/N=C\C=N)C2)S1. The molecule has 32 heavy (non-hydrogen) atoms. The molecule has 7 nitrogen and oxygen atoms in total. The number of anilines is 1. The Morgan fingerprint density at radius 2 is 2.03 bits per heavy atom. The van der Waals surface area contributed by atoms with Crippen LogP contribution in [0.3, 0.4) is 0 Å². The van der Waals surface area contributed by atoms with Crippen LogP contribution in [0.25, 0.3) is 0 Å². The number of Topliss-reactive ketones (excluding diaryl/α,β-unsaturated/α-hetero) is 1. The number of piperidine rings is 1. The highest BCUT2D eigenvalue weighted by Gasteiger charge is 2.39. The molecule has 1 amide bonds. The zero-order chi connectivity index (χ0) is 22.7. The van der Waals surface area contributed by atoms with Crippen LogP contribution >= 0.6 is 11.8 Å². The summed E-state index contributed by atoms with van der Waals surface area (Å²) in [6, 6.07) is 7.49. The highest BCUT2D eigenvalue weighted by atomic mass is 32.2. The number of hydrazone groups is 1. The summed E-state index contributed by atoms with van der Waals surface area (Å²) < 4.78 is 0. The highest BCUT2D eigenvalue weighted by molar-refractivity contribution is 8.03. The lowest BCUT2D eigenvalue weighted by Crippen LogP contribution is -2.49. The number of hydrogen-bond donors (Lipinski definition) is 3. The minimum absolute atomic E-state index is 0.0196. The summed E-state index contributed by atoms with van der Waals surface area (Å²) in [5, 5.41) is 14.7. The van der Waals surface area contributed by atoms with Crippen LogP contribution in [0.15, 0.2) is 40.0 Å². The molecule has 2 heterocycles. The second-order valence-electron chi connectivity index (χ2n) is 8.85. The Kier molecular flexibility index (Phi) is 6.98. The molecule has 3 aliphatic rings. The molecule has 3 N–H and O–H groups in total. The van der Waals surface area contributed by atoms with E-state index in [1.807, 2.05) is 36.1 Å². The lowest BCUT2D eigenvalue weighted by Gasteiger charge is -2.40. The van der Waals surface area contributed by atoms with Crippen molar-refractivity contribution in [2.75, 3.05) is 12.0 Å². The molecule has 170 valence electrons. The molecule has 4 rings (SSSR count). The minimum Gasteiger partial charge on any atom is -0.369 e. The summed E-state index contributed by atoms with van der Waals surface area (Å²) in [4.78, 5) is 29.3. The topological polar surface area (TPSA) is 97.7 Å². The van der Waals surface area contributed by atoms with Crippen LogP contribution in [-0.2, 0) is 4.79 Å². The molecule has 0 bridgehead atoms. The minimum atomic E-state index is -0.0196. The van der Waals surface area contributed by atoms with Crippen LogP contribution in [-0.4, -0.2) is 47.0 Å². The normalized spacial score (nSPS) is 26.1. The van der Waals surface area contributed by atoms with Crippen LogP contribution in [0, 0.1) is 17.2 Å². The summed E-state index contributed by atoms with van der Waals surface area (Å²) in [7, 11) is 0. The molecular formula is C24H31N5O2S. The van der Waals surface area contributed by atoms with Crippen molar-refractivity contribution in [3.05, 3.63) is 40.4 Å². The third-order valence-electron chi connectivity index (χ3n) is 6.76. The smallest absolute Gasteiger partial charge is 0.256 e. The number of thioether (sulfide) groups is 1. The average Bonchev–Trinajstić information content (AvgIpc) is 3.14. The first-order chi connectivity index (χ1) is 15.5. The van der Waals surface area contributed by atoms with Gasteiger partial charge in [0.1, 0.15) is 0 Å². The van der Waals surface area contributed by atoms with Crippen molar-refractivity contribution >= 4 is 41.6 Å². The predicted molar refractivity (Wildman–Crippen MR) is 130 cm³/mol. The molecule has 3 atom stereocenters. The van der Waals surface area contributed by atoms with Crippen molar-refractivity contribution in [2.45, 2.75) is 57.4 Å². The molecule has 0 radical (unpaired) electrons.